The van der Waals surface area contributed by atoms with Crippen molar-refractivity contribution in [2.45, 2.75) is 38.5 Å². The first-order chi connectivity index (χ1) is 6.27. The zero-order valence-corrected chi connectivity index (χ0v) is 8.46. The van der Waals surface area contributed by atoms with Crippen LogP contribution in [-0.2, 0) is 4.79 Å². The van der Waals surface area contributed by atoms with Gasteiger partial charge in [0.2, 0.25) is 5.91 Å². The van der Waals surface area contributed by atoms with Crippen LogP contribution < -0.4 is 0 Å². The number of hydrogen-bond acceptors (Lipinski definition) is 1. The highest BCUT2D eigenvalue weighted by molar-refractivity contribution is 5.78. The van der Waals surface area contributed by atoms with Crippen molar-refractivity contribution in [3.63, 3.8) is 0 Å². The highest BCUT2D eigenvalue weighted by atomic mass is 16.2. The van der Waals surface area contributed by atoms with Crippen molar-refractivity contribution in [3.05, 3.63) is 0 Å². The van der Waals surface area contributed by atoms with E-state index in [2.05, 4.69) is 0 Å². The molecule has 2 nitrogen and oxygen atoms in total. The topological polar surface area (TPSA) is 20.3 Å². The molecule has 2 aliphatic rings. The molecule has 0 bridgehead atoms. The summed E-state index contributed by atoms with van der Waals surface area (Å²) < 4.78 is 0. The van der Waals surface area contributed by atoms with E-state index in [9.17, 15) is 4.79 Å². The van der Waals surface area contributed by atoms with E-state index < -0.39 is 0 Å². The minimum Gasteiger partial charge on any atom is -0.345 e. The maximum atomic E-state index is 11.8. The third kappa shape index (κ3) is 2.23. The van der Waals surface area contributed by atoms with E-state index in [4.69, 9.17) is 0 Å². The predicted octanol–water partition coefficient (Wildman–Crippen LogP) is 2.04. The Morgan fingerprint density at radius 1 is 1.23 bits per heavy atom. The standard InChI is InChI=1S/C11H19NO/c1-12(8-9-6-7-9)11(13)10-4-2-3-5-10/h9-10H,2-8H2,1H3. The molecule has 0 N–H and O–H groups in total. The quantitative estimate of drug-likeness (QED) is 0.652. The first kappa shape index (κ1) is 9.04. The van der Waals surface area contributed by atoms with Crippen LogP contribution in [0.1, 0.15) is 38.5 Å². The lowest BCUT2D eigenvalue weighted by molar-refractivity contribution is -0.134. The summed E-state index contributed by atoms with van der Waals surface area (Å²) in [6.45, 7) is 1.01. The molecule has 2 fully saturated rings. The van der Waals surface area contributed by atoms with Crippen molar-refractivity contribution in [2.24, 2.45) is 11.8 Å². The first-order valence-electron chi connectivity index (χ1n) is 5.52. The Morgan fingerprint density at radius 3 is 2.38 bits per heavy atom. The largest absolute Gasteiger partial charge is 0.345 e. The lowest BCUT2D eigenvalue weighted by Gasteiger charge is -2.20. The molecular formula is C11H19NO. The summed E-state index contributed by atoms with van der Waals surface area (Å²) >= 11 is 0. The average Bonchev–Trinajstić information content (AvgIpc) is 2.78. The van der Waals surface area contributed by atoms with Crippen LogP contribution in [0.25, 0.3) is 0 Å². The molecule has 0 unspecified atom stereocenters. The van der Waals surface area contributed by atoms with E-state index in [0.29, 0.717) is 11.8 Å². The predicted molar refractivity (Wildman–Crippen MR) is 52.3 cm³/mol. The van der Waals surface area contributed by atoms with Crippen LogP contribution in [-0.4, -0.2) is 24.4 Å². The fourth-order valence-electron chi connectivity index (χ4n) is 2.26. The Hall–Kier alpha value is -0.530. The van der Waals surface area contributed by atoms with Gasteiger partial charge in [0, 0.05) is 19.5 Å². The van der Waals surface area contributed by atoms with Crippen LogP contribution in [0.5, 0.6) is 0 Å². The smallest absolute Gasteiger partial charge is 0.225 e. The molecule has 0 saturated heterocycles. The van der Waals surface area contributed by atoms with Crippen molar-refractivity contribution in [3.8, 4) is 0 Å². The summed E-state index contributed by atoms with van der Waals surface area (Å²) in [6, 6.07) is 0. The van der Waals surface area contributed by atoms with Gasteiger partial charge in [-0.3, -0.25) is 4.79 Å². The van der Waals surface area contributed by atoms with Crippen LogP contribution in [0, 0.1) is 11.8 Å². The molecular weight excluding hydrogens is 162 g/mol. The van der Waals surface area contributed by atoms with Gasteiger partial charge in [-0.15, -0.1) is 0 Å². The monoisotopic (exact) mass is 181 g/mol. The Labute approximate surface area is 80.3 Å². The molecule has 74 valence electrons. The summed E-state index contributed by atoms with van der Waals surface area (Å²) in [5.41, 5.74) is 0. The highest BCUT2D eigenvalue weighted by Crippen LogP contribution is 2.31. The van der Waals surface area contributed by atoms with E-state index in [-0.39, 0.29) is 0 Å². The number of hydrogen-bond donors (Lipinski definition) is 0. The maximum absolute atomic E-state index is 11.8. The summed E-state index contributed by atoms with van der Waals surface area (Å²) in [7, 11) is 1.97. The SMILES string of the molecule is CN(CC1CC1)C(=O)C1CCCC1. The second-order valence-electron chi connectivity index (χ2n) is 4.64. The van der Waals surface area contributed by atoms with Gasteiger partial charge in [-0.05, 0) is 31.6 Å². The number of nitrogens with zero attached hydrogens (tertiary/aromatic N) is 1. The van der Waals surface area contributed by atoms with Crippen LogP contribution in [0.4, 0.5) is 0 Å². The van der Waals surface area contributed by atoms with Crippen LogP contribution in [0.2, 0.25) is 0 Å². The lowest BCUT2D eigenvalue weighted by atomic mass is 10.1. The van der Waals surface area contributed by atoms with Crippen molar-refractivity contribution >= 4 is 5.91 Å². The van der Waals surface area contributed by atoms with Crippen LogP contribution in [0.15, 0.2) is 0 Å². The molecule has 0 aromatic heterocycles. The van der Waals surface area contributed by atoms with Crippen LogP contribution in [0.3, 0.4) is 0 Å². The molecule has 0 atom stereocenters. The third-order valence-corrected chi connectivity index (χ3v) is 3.31. The van der Waals surface area contributed by atoms with E-state index >= 15 is 0 Å². The molecule has 0 aliphatic heterocycles. The second-order valence-corrected chi connectivity index (χ2v) is 4.64. The molecule has 2 heteroatoms. The van der Waals surface area contributed by atoms with E-state index in [1.54, 1.807) is 0 Å². The Balaban J connectivity index is 1.79. The zero-order valence-electron chi connectivity index (χ0n) is 8.46. The number of carbonyl (C=O) groups excluding carboxylic acids is 1. The Morgan fingerprint density at radius 2 is 1.85 bits per heavy atom. The molecule has 0 aromatic carbocycles. The normalized spacial score (nSPS) is 23.5. The van der Waals surface area contributed by atoms with E-state index in [0.717, 1.165) is 25.3 Å². The van der Waals surface area contributed by atoms with E-state index in [1.807, 2.05) is 11.9 Å². The second kappa shape index (κ2) is 3.69. The fourth-order valence-corrected chi connectivity index (χ4v) is 2.26. The average molecular weight is 181 g/mol. The molecule has 0 aromatic rings. The summed E-state index contributed by atoms with van der Waals surface area (Å²) in [6.07, 6.45) is 7.45. The van der Waals surface area contributed by atoms with E-state index in [1.165, 1.54) is 25.7 Å². The molecule has 0 spiro atoms. The first-order valence-corrected chi connectivity index (χ1v) is 5.52. The van der Waals surface area contributed by atoms with Crippen molar-refractivity contribution in [2.75, 3.05) is 13.6 Å². The van der Waals surface area contributed by atoms with Gasteiger partial charge in [0.1, 0.15) is 0 Å². The Bertz CT molecular complexity index is 192. The Kier molecular flexibility index (Phi) is 2.56. The van der Waals surface area contributed by atoms with Gasteiger partial charge in [-0.1, -0.05) is 12.8 Å². The number of amides is 1. The summed E-state index contributed by atoms with van der Waals surface area (Å²) in [4.78, 5) is 13.8. The molecule has 13 heavy (non-hydrogen) atoms. The molecule has 2 aliphatic carbocycles. The van der Waals surface area contributed by atoms with Gasteiger partial charge in [0.25, 0.3) is 0 Å². The molecule has 0 heterocycles. The number of rotatable bonds is 3. The third-order valence-electron chi connectivity index (χ3n) is 3.31. The van der Waals surface area contributed by atoms with Gasteiger partial charge in [-0.25, -0.2) is 0 Å². The molecule has 2 rings (SSSR count). The summed E-state index contributed by atoms with van der Waals surface area (Å²) in [5.74, 6) is 1.60. The fraction of sp³-hybridized carbons (Fsp3) is 0.909. The van der Waals surface area contributed by atoms with Gasteiger partial charge in [0.15, 0.2) is 0 Å². The van der Waals surface area contributed by atoms with Crippen molar-refractivity contribution in [1.29, 1.82) is 0 Å². The molecule has 0 radical (unpaired) electrons. The van der Waals surface area contributed by atoms with Gasteiger partial charge in [-0.2, -0.15) is 0 Å². The lowest BCUT2D eigenvalue weighted by Crippen LogP contribution is -2.33. The van der Waals surface area contributed by atoms with Gasteiger partial charge < -0.3 is 4.90 Å². The minimum absolute atomic E-state index is 0.365. The van der Waals surface area contributed by atoms with Crippen LogP contribution >= 0.6 is 0 Å². The van der Waals surface area contributed by atoms with Crippen molar-refractivity contribution in [1.82, 2.24) is 4.90 Å². The molecule has 2 saturated carbocycles. The minimum atomic E-state index is 0.365. The zero-order chi connectivity index (χ0) is 9.26. The van der Waals surface area contributed by atoms with Gasteiger partial charge in [0.05, 0.1) is 0 Å². The highest BCUT2D eigenvalue weighted by Gasteiger charge is 2.29. The van der Waals surface area contributed by atoms with Gasteiger partial charge >= 0.3 is 0 Å². The summed E-state index contributed by atoms with van der Waals surface area (Å²) in [5, 5.41) is 0. The van der Waals surface area contributed by atoms with Crippen molar-refractivity contribution < 1.29 is 4.79 Å². The molecule has 1 amide bonds. The maximum Gasteiger partial charge on any atom is 0.225 e. The number of carbonyl (C=O) groups is 1.